The molecular formula is C24H26N2O3S. The Balaban J connectivity index is 1.74. The van der Waals surface area contributed by atoms with Crippen LogP contribution in [0.5, 0.6) is 0 Å². The fourth-order valence-corrected chi connectivity index (χ4v) is 4.45. The smallest absolute Gasteiger partial charge is 0.243 e. The Morgan fingerprint density at radius 1 is 0.833 bits per heavy atom. The molecular weight excluding hydrogens is 396 g/mol. The Morgan fingerprint density at radius 3 is 2.00 bits per heavy atom. The van der Waals surface area contributed by atoms with Gasteiger partial charge in [0.2, 0.25) is 15.9 Å². The molecule has 156 valence electrons. The van der Waals surface area contributed by atoms with Gasteiger partial charge in [0.05, 0.1) is 11.4 Å². The molecule has 0 unspecified atom stereocenters. The quantitative estimate of drug-likeness (QED) is 0.574. The second-order valence-corrected chi connectivity index (χ2v) is 9.09. The van der Waals surface area contributed by atoms with E-state index in [9.17, 15) is 13.2 Å². The van der Waals surface area contributed by atoms with Gasteiger partial charge in [-0.2, -0.15) is 4.31 Å². The summed E-state index contributed by atoms with van der Waals surface area (Å²) in [5.74, 6) is -0.331. The van der Waals surface area contributed by atoms with Crippen molar-refractivity contribution in [1.29, 1.82) is 0 Å². The molecule has 0 aromatic heterocycles. The van der Waals surface area contributed by atoms with Crippen molar-refractivity contribution in [2.24, 2.45) is 0 Å². The molecule has 0 aliphatic rings. The highest BCUT2D eigenvalue weighted by atomic mass is 32.2. The van der Waals surface area contributed by atoms with Crippen molar-refractivity contribution >= 4 is 15.9 Å². The SMILES string of the molecule is Cc1ccc(S(=O)(=O)N(CCc2ccccc2)CC(=O)NCc2ccccc2)cc1. The van der Waals surface area contributed by atoms with Gasteiger partial charge in [0.1, 0.15) is 0 Å². The first-order valence-corrected chi connectivity index (χ1v) is 11.3. The molecule has 0 spiro atoms. The molecule has 1 amide bonds. The minimum Gasteiger partial charge on any atom is -0.351 e. The molecule has 0 aliphatic heterocycles. The number of rotatable bonds is 9. The maximum absolute atomic E-state index is 13.2. The van der Waals surface area contributed by atoms with Crippen LogP contribution in [0, 0.1) is 6.92 Å². The second-order valence-electron chi connectivity index (χ2n) is 7.15. The van der Waals surface area contributed by atoms with E-state index in [0.29, 0.717) is 13.0 Å². The second kappa shape index (κ2) is 10.2. The number of hydrogen-bond donors (Lipinski definition) is 1. The number of nitrogens with one attached hydrogen (secondary N) is 1. The van der Waals surface area contributed by atoms with Gasteiger partial charge in [-0.25, -0.2) is 8.42 Å². The molecule has 0 fully saturated rings. The molecule has 3 aromatic carbocycles. The number of carbonyl (C=O) groups is 1. The van der Waals surface area contributed by atoms with Crippen LogP contribution in [-0.2, 0) is 27.8 Å². The minimum absolute atomic E-state index is 0.192. The monoisotopic (exact) mass is 422 g/mol. The predicted octanol–water partition coefficient (Wildman–Crippen LogP) is 3.54. The number of hydrogen-bond acceptors (Lipinski definition) is 3. The average molecular weight is 423 g/mol. The molecule has 0 aliphatic carbocycles. The first-order valence-electron chi connectivity index (χ1n) is 9.86. The number of benzene rings is 3. The van der Waals surface area contributed by atoms with Gasteiger partial charge in [0.15, 0.2) is 0 Å². The van der Waals surface area contributed by atoms with Gasteiger partial charge < -0.3 is 5.32 Å². The van der Waals surface area contributed by atoms with Gasteiger partial charge in [0.25, 0.3) is 0 Å². The average Bonchev–Trinajstić information content (AvgIpc) is 2.77. The lowest BCUT2D eigenvalue weighted by atomic mass is 10.1. The number of nitrogens with zero attached hydrogens (tertiary/aromatic N) is 1. The van der Waals surface area contributed by atoms with Crippen molar-refractivity contribution in [2.45, 2.75) is 24.8 Å². The Kier molecular flexibility index (Phi) is 7.38. The maximum Gasteiger partial charge on any atom is 0.243 e. The number of aryl methyl sites for hydroxylation is 1. The third-order valence-corrected chi connectivity index (χ3v) is 6.66. The molecule has 0 bridgehead atoms. The van der Waals surface area contributed by atoms with Crippen LogP contribution in [0.25, 0.3) is 0 Å². The van der Waals surface area contributed by atoms with Gasteiger partial charge in [-0.1, -0.05) is 78.4 Å². The van der Waals surface area contributed by atoms with Crippen LogP contribution in [0.15, 0.2) is 89.8 Å². The number of sulfonamides is 1. The summed E-state index contributed by atoms with van der Waals surface area (Å²) < 4.78 is 27.7. The van der Waals surface area contributed by atoms with Gasteiger partial charge >= 0.3 is 0 Å². The summed E-state index contributed by atoms with van der Waals surface area (Å²) in [7, 11) is -3.79. The van der Waals surface area contributed by atoms with Crippen LogP contribution in [0.3, 0.4) is 0 Å². The Hall–Kier alpha value is -2.96. The lowest BCUT2D eigenvalue weighted by molar-refractivity contribution is -0.121. The topological polar surface area (TPSA) is 66.5 Å². The third kappa shape index (κ3) is 6.02. The molecule has 1 N–H and O–H groups in total. The van der Waals surface area contributed by atoms with Crippen LogP contribution in [0.1, 0.15) is 16.7 Å². The van der Waals surface area contributed by atoms with Crippen LogP contribution in [-0.4, -0.2) is 31.7 Å². The van der Waals surface area contributed by atoms with Crippen molar-refractivity contribution in [2.75, 3.05) is 13.1 Å². The lowest BCUT2D eigenvalue weighted by Crippen LogP contribution is -2.41. The molecule has 0 saturated heterocycles. The molecule has 6 heteroatoms. The lowest BCUT2D eigenvalue weighted by Gasteiger charge is -2.22. The largest absolute Gasteiger partial charge is 0.351 e. The number of carbonyl (C=O) groups excluding carboxylic acids is 1. The Morgan fingerprint density at radius 2 is 1.40 bits per heavy atom. The highest BCUT2D eigenvalue weighted by molar-refractivity contribution is 7.89. The standard InChI is InChI=1S/C24H26N2O3S/c1-20-12-14-23(15-13-20)30(28,29)26(17-16-21-8-4-2-5-9-21)19-24(27)25-18-22-10-6-3-7-11-22/h2-15H,16-19H2,1H3,(H,25,27). The molecule has 3 rings (SSSR count). The van der Waals surface area contributed by atoms with E-state index >= 15 is 0 Å². The zero-order valence-electron chi connectivity index (χ0n) is 17.0. The van der Waals surface area contributed by atoms with E-state index in [-0.39, 0.29) is 23.9 Å². The zero-order chi connectivity index (χ0) is 21.4. The van der Waals surface area contributed by atoms with E-state index < -0.39 is 10.0 Å². The third-order valence-electron chi connectivity index (χ3n) is 4.80. The summed E-state index contributed by atoms with van der Waals surface area (Å²) in [6.45, 7) is 2.26. The summed E-state index contributed by atoms with van der Waals surface area (Å²) in [5.41, 5.74) is 2.96. The maximum atomic E-state index is 13.2. The summed E-state index contributed by atoms with van der Waals surface area (Å²) in [6, 6.07) is 25.9. The highest BCUT2D eigenvalue weighted by Crippen LogP contribution is 2.17. The van der Waals surface area contributed by atoms with E-state index in [4.69, 9.17) is 0 Å². The Bertz CT molecular complexity index is 1050. The molecule has 5 nitrogen and oxygen atoms in total. The van der Waals surface area contributed by atoms with Crippen LogP contribution < -0.4 is 5.32 Å². The first kappa shape index (κ1) is 21.7. The zero-order valence-corrected chi connectivity index (χ0v) is 17.8. The van der Waals surface area contributed by atoms with E-state index in [1.54, 1.807) is 24.3 Å². The van der Waals surface area contributed by atoms with E-state index in [1.165, 1.54) is 4.31 Å². The molecule has 3 aromatic rings. The van der Waals surface area contributed by atoms with E-state index in [2.05, 4.69) is 5.32 Å². The van der Waals surface area contributed by atoms with Crippen molar-refractivity contribution < 1.29 is 13.2 Å². The van der Waals surface area contributed by atoms with Gasteiger partial charge in [0, 0.05) is 13.1 Å². The van der Waals surface area contributed by atoms with E-state index in [1.807, 2.05) is 67.6 Å². The predicted molar refractivity (Wildman–Crippen MR) is 118 cm³/mol. The van der Waals surface area contributed by atoms with Crippen LogP contribution in [0.2, 0.25) is 0 Å². The highest BCUT2D eigenvalue weighted by Gasteiger charge is 2.26. The summed E-state index contributed by atoms with van der Waals surface area (Å²) in [4.78, 5) is 12.7. The van der Waals surface area contributed by atoms with Crippen LogP contribution in [0.4, 0.5) is 0 Å². The summed E-state index contributed by atoms with van der Waals surface area (Å²) >= 11 is 0. The van der Waals surface area contributed by atoms with Crippen molar-refractivity contribution in [1.82, 2.24) is 9.62 Å². The van der Waals surface area contributed by atoms with Crippen molar-refractivity contribution in [3.63, 3.8) is 0 Å². The van der Waals surface area contributed by atoms with Gasteiger partial charge in [-0.15, -0.1) is 0 Å². The van der Waals surface area contributed by atoms with Crippen molar-refractivity contribution in [3.8, 4) is 0 Å². The number of amides is 1. The van der Waals surface area contributed by atoms with Gasteiger partial charge in [-0.3, -0.25) is 4.79 Å². The van der Waals surface area contributed by atoms with Crippen molar-refractivity contribution in [3.05, 3.63) is 102 Å². The fraction of sp³-hybridized carbons (Fsp3) is 0.208. The summed E-state index contributed by atoms with van der Waals surface area (Å²) in [5, 5.41) is 2.82. The Labute approximate surface area is 178 Å². The first-order chi connectivity index (χ1) is 14.4. The van der Waals surface area contributed by atoms with E-state index in [0.717, 1.165) is 16.7 Å². The molecule has 0 atom stereocenters. The summed E-state index contributed by atoms with van der Waals surface area (Å²) in [6.07, 6.45) is 0.526. The fourth-order valence-electron chi connectivity index (χ4n) is 3.05. The van der Waals surface area contributed by atoms with Crippen LogP contribution >= 0.6 is 0 Å². The van der Waals surface area contributed by atoms with Gasteiger partial charge in [-0.05, 0) is 36.6 Å². The molecule has 0 heterocycles. The molecule has 30 heavy (non-hydrogen) atoms. The minimum atomic E-state index is -3.79. The normalized spacial score (nSPS) is 11.4. The molecule has 0 saturated carbocycles. The molecule has 0 radical (unpaired) electrons.